The first-order valence-electron chi connectivity index (χ1n) is 11.1. The number of carbonyl (C=O) groups is 1. The van der Waals surface area contributed by atoms with E-state index in [1.165, 1.54) is 24.8 Å². The van der Waals surface area contributed by atoms with E-state index in [1.807, 2.05) is 0 Å². The number of aliphatic carboxylic acids is 1. The summed E-state index contributed by atoms with van der Waals surface area (Å²) >= 11 is 0. The van der Waals surface area contributed by atoms with Crippen LogP contribution in [0.3, 0.4) is 0 Å². The minimum absolute atomic E-state index is 0.109. The Kier molecular flexibility index (Phi) is 6.68. The first-order chi connectivity index (χ1) is 12.8. The van der Waals surface area contributed by atoms with Crippen molar-refractivity contribution in [1.29, 1.82) is 0 Å². The third-order valence-electron chi connectivity index (χ3n) is 8.05. The Morgan fingerprint density at radius 2 is 1.96 bits per heavy atom. The number of aliphatic hydroxyl groups excluding tert-OH is 2. The Morgan fingerprint density at radius 1 is 1.26 bits per heavy atom. The minimum Gasteiger partial charge on any atom is -0.481 e. The molecule has 4 heteroatoms. The predicted molar refractivity (Wildman–Crippen MR) is 106 cm³/mol. The molecule has 0 aromatic heterocycles. The fourth-order valence-corrected chi connectivity index (χ4v) is 6.68. The second-order valence-corrected chi connectivity index (χ2v) is 9.64. The smallest absolute Gasteiger partial charge is 0.303 e. The number of aliphatic hydroxyl groups is 2. The van der Waals surface area contributed by atoms with Crippen LogP contribution in [0.4, 0.5) is 0 Å². The van der Waals surface area contributed by atoms with Crippen molar-refractivity contribution in [3.05, 3.63) is 11.6 Å². The van der Waals surface area contributed by atoms with Gasteiger partial charge in [0.05, 0.1) is 12.2 Å². The van der Waals surface area contributed by atoms with E-state index in [1.54, 1.807) is 0 Å². The standard InChI is InChI=1S/C23H38O4/c1-15-18(9-6-10-21(26)27)23(2)14-13-20(25)17(22(15)23)11-12-19(24)16-7-4-3-5-8-16/h9,15-17,19-20,22,24-25H,3-8,10-14H2,1-2H3,(H,26,27)/t15?,17-,19?,20+,22+,23+/m0/s1. The van der Waals surface area contributed by atoms with Crippen molar-refractivity contribution < 1.29 is 20.1 Å². The largest absolute Gasteiger partial charge is 0.481 e. The topological polar surface area (TPSA) is 77.8 Å². The first kappa shape index (κ1) is 20.9. The highest BCUT2D eigenvalue weighted by atomic mass is 16.4. The molecule has 3 fully saturated rings. The second-order valence-electron chi connectivity index (χ2n) is 9.64. The first-order valence-corrected chi connectivity index (χ1v) is 11.1. The van der Waals surface area contributed by atoms with Gasteiger partial charge in [0, 0.05) is 6.42 Å². The lowest BCUT2D eigenvalue weighted by Crippen LogP contribution is -2.57. The summed E-state index contributed by atoms with van der Waals surface area (Å²) in [4.78, 5) is 10.8. The summed E-state index contributed by atoms with van der Waals surface area (Å²) in [5.74, 6) is 0.838. The summed E-state index contributed by atoms with van der Waals surface area (Å²) in [6.45, 7) is 4.54. The lowest BCUT2D eigenvalue weighted by molar-refractivity contribution is -0.136. The van der Waals surface area contributed by atoms with Crippen molar-refractivity contribution in [2.75, 3.05) is 0 Å². The second kappa shape index (κ2) is 8.65. The maximum atomic E-state index is 10.8. The fourth-order valence-electron chi connectivity index (χ4n) is 6.68. The predicted octanol–water partition coefficient (Wildman–Crippen LogP) is 4.54. The number of hydrogen-bond donors (Lipinski definition) is 3. The molecule has 3 N–H and O–H groups in total. The number of allylic oxidation sites excluding steroid dienone is 2. The molecule has 3 rings (SSSR count). The quantitative estimate of drug-likeness (QED) is 0.568. The monoisotopic (exact) mass is 378 g/mol. The van der Waals surface area contributed by atoms with Crippen molar-refractivity contribution in [2.45, 2.75) is 96.7 Å². The van der Waals surface area contributed by atoms with Gasteiger partial charge >= 0.3 is 5.97 Å². The molecule has 0 heterocycles. The van der Waals surface area contributed by atoms with Crippen LogP contribution in [-0.4, -0.2) is 33.5 Å². The van der Waals surface area contributed by atoms with Crippen LogP contribution in [0, 0.1) is 29.1 Å². The molecule has 0 spiro atoms. The molecular formula is C23H38O4. The summed E-state index contributed by atoms with van der Waals surface area (Å²) in [6.07, 6.45) is 12.1. The van der Waals surface area contributed by atoms with Gasteiger partial charge in [-0.05, 0) is 74.0 Å². The zero-order valence-corrected chi connectivity index (χ0v) is 17.1. The van der Waals surface area contributed by atoms with Gasteiger partial charge in [-0.1, -0.05) is 44.8 Å². The van der Waals surface area contributed by atoms with E-state index in [2.05, 4.69) is 19.9 Å². The summed E-state index contributed by atoms with van der Waals surface area (Å²) in [7, 11) is 0. The molecule has 2 unspecified atom stereocenters. The van der Waals surface area contributed by atoms with Crippen LogP contribution in [0.2, 0.25) is 0 Å². The number of hydrogen-bond acceptors (Lipinski definition) is 3. The van der Waals surface area contributed by atoms with Crippen LogP contribution in [0.25, 0.3) is 0 Å². The van der Waals surface area contributed by atoms with Gasteiger partial charge in [-0.2, -0.15) is 0 Å². The van der Waals surface area contributed by atoms with Crippen LogP contribution in [-0.2, 0) is 4.79 Å². The Hall–Kier alpha value is -0.870. The Bertz CT molecular complexity index is 551. The molecule has 0 aromatic carbocycles. The molecule has 27 heavy (non-hydrogen) atoms. The van der Waals surface area contributed by atoms with Gasteiger partial charge in [0.2, 0.25) is 0 Å². The Morgan fingerprint density at radius 3 is 2.63 bits per heavy atom. The highest BCUT2D eigenvalue weighted by Gasteiger charge is 2.58. The average molecular weight is 379 g/mol. The lowest BCUT2D eigenvalue weighted by atomic mass is 9.43. The number of carboxylic acids is 1. The van der Waals surface area contributed by atoms with Crippen molar-refractivity contribution in [1.82, 2.24) is 0 Å². The summed E-state index contributed by atoms with van der Waals surface area (Å²) in [6, 6.07) is 0. The molecule has 154 valence electrons. The maximum Gasteiger partial charge on any atom is 0.303 e. The molecule has 0 amide bonds. The molecule has 0 saturated heterocycles. The van der Waals surface area contributed by atoms with E-state index in [4.69, 9.17) is 5.11 Å². The van der Waals surface area contributed by atoms with E-state index in [0.717, 1.165) is 38.5 Å². The molecule has 3 saturated carbocycles. The van der Waals surface area contributed by atoms with Gasteiger partial charge in [0.25, 0.3) is 0 Å². The van der Waals surface area contributed by atoms with Gasteiger partial charge in [0.15, 0.2) is 0 Å². The van der Waals surface area contributed by atoms with Crippen LogP contribution < -0.4 is 0 Å². The third kappa shape index (κ3) is 4.27. The summed E-state index contributed by atoms with van der Waals surface area (Å²) in [5, 5.41) is 30.3. The van der Waals surface area contributed by atoms with Crippen LogP contribution in [0.5, 0.6) is 0 Å². The lowest BCUT2D eigenvalue weighted by Gasteiger charge is -2.62. The zero-order chi connectivity index (χ0) is 19.6. The van der Waals surface area contributed by atoms with E-state index < -0.39 is 5.97 Å². The van der Waals surface area contributed by atoms with Gasteiger partial charge in [-0.15, -0.1) is 0 Å². The molecule has 0 aliphatic heterocycles. The Labute approximate surface area is 164 Å². The molecule has 3 aliphatic carbocycles. The molecule has 0 aromatic rings. The van der Waals surface area contributed by atoms with Crippen molar-refractivity contribution >= 4 is 5.97 Å². The van der Waals surface area contributed by atoms with E-state index in [-0.39, 0.29) is 30.0 Å². The average Bonchev–Trinajstić information content (AvgIpc) is 2.65. The van der Waals surface area contributed by atoms with Gasteiger partial charge < -0.3 is 15.3 Å². The molecule has 6 atom stereocenters. The highest BCUT2D eigenvalue weighted by molar-refractivity contribution is 5.66. The van der Waals surface area contributed by atoms with Gasteiger partial charge in [-0.3, -0.25) is 4.79 Å². The van der Waals surface area contributed by atoms with Crippen molar-refractivity contribution in [3.8, 4) is 0 Å². The van der Waals surface area contributed by atoms with E-state index >= 15 is 0 Å². The number of carboxylic acid groups (broad SMARTS) is 1. The van der Waals surface area contributed by atoms with Gasteiger partial charge in [0.1, 0.15) is 0 Å². The van der Waals surface area contributed by atoms with Crippen LogP contribution in [0.15, 0.2) is 11.6 Å². The molecule has 4 nitrogen and oxygen atoms in total. The highest BCUT2D eigenvalue weighted by Crippen LogP contribution is 2.64. The molecular weight excluding hydrogens is 340 g/mol. The fraction of sp³-hybridized carbons (Fsp3) is 0.870. The van der Waals surface area contributed by atoms with Crippen molar-refractivity contribution in [3.63, 3.8) is 0 Å². The minimum atomic E-state index is -0.742. The number of fused-ring (bicyclic) bond motifs is 1. The normalized spacial score (nSPS) is 39.6. The maximum absolute atomic E-state index is 10.8. The summed E-state index contributed by atoms with van der Waals surface area (Å²) in [5.41, 5.74) is 1.51. The molecule has 3 aliphatic rings. The molecule has 0 bridgehead atoms. The number of rotatable bonds is 7. The van der Waals surface area contributed by atoms with E-state index in [0.29, 0.717) is 24.2 Å². The third-order valence-corrected chi connectivity index (χ3v) is 8.05. The van der Waals surface area contributed by atoms with Gasteiger partial charge in [-0.25, -0.2) is 0 Å². The summed E-state index contributed by atoms with van der Waals surface area (Å²) < 4.78 is 0. The van der Waals surface area contributed by atoms with Crippen LogP contribution in [0.1, 0.15) is 84.5 Å². The Balaban J connectivity index is 1.61. The SMILES string of the molecule is CC1C(=CCCC(=O)O)[C@@]2(C)CC[C@@H](O)[C@H](CCC(O)C3CCCCC3)[C@@H]12. The van der Waals surface area contributed by atoms with Crippen LogP contribution >= 0.6 is 0 Å². The zero-order valence-electron chi connectivity index (χ0n) is 17.1. The van der Waals surface area contributed by atoms with Crippen molar-refractivity contribution in [2.24, 2.45) is 29.1 Å². The molecule has 0 radical (unpaired) electrons. The van der Waals surface area contributed by atoms with E-state index in [9.17, 15) is 15.0 Å².